The fourth-order valence-corrected chi connectivity index (χ4v) is 2.69. The monoisotopic (exact) mass is 387 g/mol. The Kier molecular flexibility index (Phi) is 5.28. The van der Waals surface area contributed by atoms with Crippen molar-refractivity contribution in [3.63, 3.8) is 0 Å². The summed E-state index contributed by atoms with van der Waals surface area (Å²) in [7, 11) is 0. The van der Waals surface area contributed by atoms with Crippen molar-refractivity contribution in [3.8, 4) is 11.1 Å². The fourth-order valence-electron chi connectivity index (χ4n) is 2.51. The van der Waals surface area contributed by atoms with Crippen molar-refractivity contribution in [2.45, 2.75) is 32.1 Å². The maximum atomic E-state index is 13.3. The molecule has 1 amide bonds. The molecule has 3 rings (SSSR count). The minimum absolute atomic E-state index is 0.0997. The summed E-state index contributed by atoms with van der Waals surface area (Å²) in [5, 5.41) is 3.96. The van der Waals surface area contributed by atoms with Crippen molar-refractivity contribution in [2.24, 2.45) is 5.73 Å². The number of carbonyl (C=O) groups is 1. The summed E-state index contributed by atoms with van der Waals surface area (Å²) in [6.07, 6.45) is 1.24. The van der Waals surface area contributed by atoms with E-state index < -0.39 is 17.1 Å². The Morgan fingerprint density at radius 3 is 2.44 bits per heavy atom. The molecule has 0 saturated carbocycles. The fraction of sp³-hybridized carbons (Fsp3) is 0.250. The molecular weight excluding hydrogens is 369 g/mol. The van der Waals surface area contributed by atoms with Gasteiger partial charge in [-0.2, -0.15) is 4.98 Å². The van der Waals surface area contributed by atoms with E-state index >= 15 is 0 Å². The Balaban J connectivity index is 1.66. The standard InChI is InChI=1S/C20H19ClFN3O2/c1-20(2,18(23)26)19-24-17(27-25-19)10-5-12-3-6-13(7-4-12)14-8-9-16(22)15(21)11-14/h3-4,6-9,11H,5,10H2,1-2H3,(H2,23,26). The molecule has 1 heterocycles. The summed E-state index contributed by atoms with van der Waals surface area (Å²) < 4.78 is 18.5. The van der Waals surface area contributed by atoms with Gasteiger partial charge >= 0.3 is 0 Å². The van der Waals surface area contributed by atoms with E-state index in [1.54, 1.807) is 26.0 Å². The van der Waals surface area contributed by atoms with Crippen LogP contribution in [-0.4, -0.2) is 16.0 Å². The summed E-state index contributed by atoms with van der Waals surface area (Å²) in [5.74, 6) is -0.205. The van der Waals surface area contributed by atoms with Gasteiger partial charge in [-0.05, 0) is 49.1 Å². The molecule has 0 unspecified atom stereocenters. The molecule has 2 aromatic carbocycles. The number of hydrogen-bond acceptors (Lipinski definition) is 4. The van der Waals surface area contributed by atoms with Gasteiger partial charge in [-0.3, -0.25) is 4.79 Å². The number of hydrogen-bond donors (Lipinski definition) is 1. The van der Waals surface area contributed by atoms with E-state index in [0.717, 1.165) is 16.7 Å². The number of nitrogens with two attached hydrogens (primary N) is 1. The van der Waals surface area contributed by atoms with Gasteiger partial charge in [0.2, 0.25) is 11.8 Å². The third-order valence-corrected chi connectivity index (χ3v) is 4.77. The van der Waals surface area contributed by atoms with Gasteiger partial charge in [0.25, 0.3) is 0 Å². The number of primary amides is 1. The molecule has 7 heteroatoms. The SMILES string of the molecule is CC(C)(C(N)=O)c1noc(CCc2ccc(-c3ccc(F)c(Cl)c3)cc2)n1. The van der Waals surface area contributed by atoms with Crippen molar-refractivity contribution < 1.29 is 13.7 Å². The zero-order valence-electron chi connectivity index (χ0n) is 15.0. The van der Waals surface area contributed by atoms with E-state index in [2.05, 4.69) is 10.1 Å². The van der Waals surface area contributed by atoms with Gasteiger partial charge in [0, 0.05) is 6.42 Å². The first-order valence-corrected chi connectivity index (χ1v) is 8.82. The molecule has 0 saturated heterocycles. The van der Waals surface area contributed by atoms with E-state index in [1.807, 2.05) is 24.3 Å². The molecule has 140 valence electrons. The lowest BCUT2D eigenvalue weighted by Gasteiger charge is -2.14. The Hall–Kier alpha value is -2.73. The highest BCUT2D eigenvalue weighted by molar-refractivity contribution is 6.31. The molecular formula is C20H19ClFN3O2. The van der Waals surface area contributed by atoms with Gasteiger partial charge in [0.1, 0.15) is 11.2 Å². The van der Waals surface area contributed by atoms with Crippen LogP contribution in [0.15, 0.2) is 47.0 Å². The van der Waals surface area contributed by atoms with Crippen LogP contribution >= 0.6 is 11.6 Å². The Morgan fingerprint density at radius 2 is 1.81 bits per heavy atom. The normalized spacial score (nSPS) is 11.6. The van der Waals surface area contributed by atoms with E-state index in [0.29, 0.717) is 18.7 Å². The molecule has 0 aliphatic rings. The second kappa shape index (κ2) is 7.48. The molecule has 0 spiro atoms. The number of benzene rings is 2. The zero-order chi connectivity index (χ0) is 19.6. The largest absolute Gasteiger partial charge is 0.369 e. The molecule has 0 aliphatic heterocycles. The Bertz CT molecular complexity index is 968. The van der Waals surface area contributed by atoms with Crippen molar-refractivity contribution in [1.29, 1.82) is 0 Å². The number of amides is 1. The molecule has 27 heavy (non-hydrogen) atoms. The third kappa shape index (κ3) is 4.17. The molecule has 0 radical (unpaired) electrons. The third-order valence-electron chi connectivity index (χ3n) is 4.48. The van der Waals surface area contributed by atoms with E-state index in [-0.39, 0.29) is 10.8 Å². The van der Waals surface area contributed by atoms with Crippen LogP contribution < -0.4 is 5.73 Å². The van der Waals surface area contributed by atoms with Gasteiger partial charge in [0.05, 0.1) is 5.02 Å². The molecule has 0 atom stereocenters. The molecule has 0 fully saturated rings. The number of carbonyl (C=O) groups excluding carboxylic acids is 1. The smallest absolute Gasteiger partial charge is 0.230 e. The molecule has 0 aliphatic carbocycles. The summed E-state index contributed by atoms with van der Waals surface area (Å²) in [6, 6.07) is 12.5. The van der Waals surface area contributed by atoms with Gasteiger partial charge < -0.3 is 10.3 Å². The van der Waals surface area contributed by atoms with Crippen LogP contribution in [0.3, 0.4) is 0 Å². The lowest BCUT2D eigenvalue weighted by molar-refractivity contribution is -0.122. The van der Waals surface area contributed by atoms with Crippen molar-refractivity contribution in [3.05, 3.63) is 70.6 Å². The van der Waals surface area contributed by atoms with E-state index in [1.165, 1.54) is 6.07 Å². The van der Waals surface area contributed by atoms with Gasteiger partial charge in [-0.15, -0.1) is 0 Å². The summed E-state index contributed by atoms with van der Waals surface area (Å²) in [6.45, 7) is 3.31. The van der Waals surface area contributed by atoms with Crippen LogP contribution in [0.1, 0.15) is 31.1 Å². The van der Waals surface area contributed by atoms with Crippen LogP contribution in [0.2, 0.25) is 5.02 Å². The van der Waals surface area contributed by atoms with Crippen LogP contribution in [0.25, 0.3) is 11.1 Å². The number of halogens is 2. The maximum Gasteiger partial charge on any atom is 0.230 e. The average Bonchev–Trinajstić information content (AvgIpc) is 3.12. The molecule has 1 aromatic heterocycles. The van der Waals surface area contributed by atoms with E-state index in [4.69, 9.17) is 21.9 Å². The summed E-state index contributed by atoms with van der Waals surface area (Å²) >= 11 is 5.84. The highest BCUT2D eigenvalue weighted by Gasteiger charge is 2.32. The van der Waals surface area contributed by atoms with Crippen molar-refractivity contribution in [1.82, 2.24) is 10.1 Å². The molecule has 0 bridgehead atoms. The molecule has 2 N–H and O–H groups in total. The van der Waals surface area contributed by atoms with Crippen LogP contribution in [0.5, 0.6) is 0 Å². The quantitative estimate of drug-likeness (QED) is 0.691. The van der Waals surface area contributed by atoms with Crippen LogP contribution in [-0.2, 0) is 23.1 Å². The average molecular weight is 388 g/mol. The van der Waals surface area contributed by atoms with Gasteiger partial charge in [0.15, 0.2) is 5.82 Å². The second-order valence-electron chi connectivity index (χ2n) is 6.83. The minimum Gasteiger partial charge on any atom is -0.369 e. The topological polar surface area (TPSA) is 82.0 Å². The number of aryl methyl sites for hydroxylation is 2. The molecule has 3 aromatic rings. The highest BCUT2D eigenvalue weighted by atomic mass is 35.5. The second-order valence-corrected chi connectivity index (χ2v) is 7.23. The summed E-state index contributed by atoms with van der Waals surface area (Å²) in [4.78, 5) is 15.7. The summed E-state index contributed by atoms with van der Waals surface area (Å²) in [5.41, 5.74) is 7.28. The number of aromatic nitrogens is 2. The lowest BCUT2D eigenvalue weighted by Crippen LogP contribution is -2.36. The minimum atomic E-state index is -0.972. The predicted octanol–water partition coefficient (Wildman–Crippen LogP) is 4.08. The van der Waals surface area contributed by atoms with Crippen LogP contribution in [0, 0.1) is 5.82 Å². The lowest BCUT2D eigenvalue weighted by atomic mass is 9.92. The Labute approximate surface area is 161 Å². The molecule has 5 nitrogen and oxygen atoms in total. The van der Waals surface area contributed by atoms with Gasteiger partial charge in [-0.1, -0.05) is 47.1 Å². The number of rotatable bonds is 6. The first kappa shape index (κ1) is 19.0. The number of nitrogens with zero attached hydrogens (tertiary/aromatic N) is 2. The first-order chi connectivity index (χ1) is 12.8. The first-order valence-electron chi connectivity index (χ1n) is 8.44. The van der Waals surface area contributed by atoms with Crippen molar-refractivity contribution in [2.75, 3.05) is 0 Å². The highest BCUT2D eigenvalue weighted by Crippen LogP contribution is 2.25. The van der Waals surface area contributed by atoms with Crippen LogP contribution in [0.4, 0.5) is 4.39 Å². The zero-order valence-corrected chi connectivity index (χ0v) is 15.8. The Morgan fingerprint density at radius 1 is 1.15 bits per heavy atom. The maximum absolute atomic E-state index is 13.3. The van der Waals surface area contributed by atoms with E-state index in [9.17, 15) is 9.18 Å². The predicted molar refractivity (Wildman–Crippen MR) is 101 cm³/mol. The van der Waals surface area contributed by atoms with Crippen molar-refractivity contribution >= 4 is 17.5 Å². The van der Waals surface area contributed by atoms with Gasteiger partial charge in [-0.25, -0.2) is 4.39 Å².